The highest BCUT2D eigenvalue weighted by atomic mass is 19.4. The SMILES string of the molecule is O=c1cc(COc2cccc(C(F)(F)F)n2)occ1O. The number of hydrogen-bond donors (Lipinski definition) is 1. The molecule has 0 spiro atoms. The first kappa shape index (κ1) is 13.9. The van der Waals surface area contributed by atoms with Gasteiger partial charge in [-0.2, -0.15) is 13.2 Å². The molecule has 0 fully saturated rings. The molecule has 0 aliphatic rings. The van der Waals surface area contributed by atoms with E-state index in [4.69, 9.17) is 14.3 Å². The first-order valence-electron chi connectivity index (χ1n) is 5.34. The van der Waals surface area contributed by atoms with E-state index in [2.05, 4.69) is 4.98 Å². The summed E-state index contributed by atoms with van der Waals surface area (Å²) < 4.78 is 47.1. The molecule has 2 heterocycles. The van der Waals surface area contributed by atoms with Crippen LogP contribution in [0.25, 0.3) is 0 Å². The molecular formula is C12H8F3NO4. The van der Waals surface area contributed by atoms with Crippen LogP contribution in [-0.2, 0) is 12.8 Å². The number of ether oxygens (including phenoxy) is 1. The number of pyridine rings is 1. The van der Waals surface area contributed by atoms with Crippen LogP contribution in [0.2, 0.25) is 0 Å². The molecule has 8 heteroatoms. The molecule has 0 aliphatic carbocycles. The van der Waals surface area contributed by atoms with Crippen molar-refractivity contribution < 1.29 is 27.4 Å². The van der Waals surface area contributed by atoms with E-state index in [1.807, 2.05) is 0 Å². The van der Waals surface area contributed by atoms with Gasteiger partial charge >= 0.3 is 6.18 Å². The van der Waals surface area contributed by atoms with Crippen LogP contribution < -0.4 is 10.2 Å². The van der Waals surface area contributed by atoms with Crippen molar-refractivity contribution in [3.8, 4) is 11.6 Å². The van der Waals surface area contributed by atoms with Crippen LogP contribution in [0.15, 0.2) is 39.7 Å². The molecule has 0 aromatic carbocycles. The van der Waals surface area contributed by atoms with E-state index in [0.29, 0.717) is 0 Å². The number of rotatable bonds is 3. The molecule has 0 atom stereocenters. The zero-order valence-corrected chi connectivity index (χ0v) is 9.85. The average Bonchev–Trinajstić information content (AvgIpc) is 2.39. The maximum Gasteiger partial charge on any atom is 0.433 e. The molecule has 0 aliphatic heterocycles. The van der Waals surface area contributed by atoms with Gasteiger partial charge in [0.2, 0.25) is 11.3 Å². The molecule has 0 unspecified atom stereocenters. The largest absolute Gasteiger partial charge is 0.502 e. The number of halogens is 3. The monoisotopic (exact) mass is 287 g/mol. The minimum absolute atomic E-state index is 0.0482. The lowest BCUT2D eigenvalue weighted by Crippen LogP contribution is -2.09. The van der Waals surface area contributed by atoms with Crippen LogP contribution in [0, 0.1) is 0 Å². The van der Waals surface area contributed by atoms with E-state index < -0.39 is 23.0 Å². The molecule has 0 saturated carbocycles. The van der Waals surface area contributed by atoms with E-state index in [-0.39, 0.29) is 18.2 Å². The van der Waals surface area contributed by atoms with Crippen molar-refractivity contribution in [3.63, 3.8) is 0 Å². The smallest absolute Gasteiger partial charge is 0.433 e. The predicted octanol–water partition coefficient (Wildman–Crippen LogP) is 2.34. The molecule has 5 nitrogen and oxygen atoms in total. The van der Waals surface area contributed by atoms with E-state index in [0.717, 1.165) is 24.5 Å². The minimum Gasteiger partial charge on any atom is -0.502 e. The Labute approximate surface area is 110 Å². The molecule has 1 N–H and O–H groups in total. The number of aromatic hydroxyl groups is 1. The highest BCUT2D eigenvalue weighted by Gasteiger charge is 2.32. The Bertz CT molecular complexity index is 666. The number of nitrogens with zero attached hydrogens (tertiary/aromatic N) is 1. The van der Waals surface area contributed by atoms with Crippen LogP contribution in [0.3, 0.4) is 0 Å². The Kier molecular flexibility index (Phi) is 3.64. The third-order valence-corrected chi connectivity index (χ3v) is 2.24. The van der Waals surface area contributed by atoms with Gasteiger partial charge in [-0.05, 0) is 6.07 Å². The Morgan fingerprint density at radius 3 is 2.75 bits per heavy atom. The fraction of sp³-hybridized carbons (Fsp3) is 0.167. The van der Waals surface area contributed by atoms with Crippen LogP contribution in [-0.4, -0.2) is 10.1 Å². The Morgan fingerprint density at radius 2 is 2.10 bits per heavy atom. The summed E-state index contributed by atoms with van der Waals surface area (Å²) in [6, 6.07) is 4.18. The van der Waals surface area contributed by atoms with Crippen molar-refractivity contribution in [1.82, 2.24) is 4.98 Å². The highest BCUT2D eigenvalue weighted by molar-refractivity contribution is 5.19. The number of aromatic nitrogens is 1. The predicted molar refractivity (Wildman–Crippen MR) is 60.2 cm³/mol. The summed E-state index contributed by atoms with van der Waals surface area (Å²) in [5.74, 6) is -0.770. The Morgan fingerprint density at radius 1 is 1.35 bits per heavy atom. The molecule has 0 amide bonds. The van der Waals surface area contributed by atoms with Crippen molar-refractivity contribution >= 4 is 0 Å². The lowest BCUT2D eigenvalue weighted by atomic mass is 10.3. The third kappa shape index (κ3) is 3.28. The molecule has 0 saturated heterocycles. The molecule has 2 rings (SSSR count). The third-order valence-electron chi connectivity index (χ3n) is 2.24. The van der Waals surface area contributed by atoms with Gasteiger partial charge in [0.05, 0.1) is 0 Å². The summed E-state index contributed by atoms with van der Waals surface area (Å²) in [6.45, 7) is -0.288. The van der Waals surface area contributed by atoms with Crippen LogP contribution >= 0.6 is 0 Å². The molecule has 2 aromatic heterocycles. The van der Waals surface area contributed by atoms with Crippen molar-refractivity contribution in [2.24, 2.45) is 0 Å². The van der Waals surface area contributed by atoms with Gasteiger partial charge in [0.15, 0.2) is 5.75 Å². The van der Waals surface area contributed by atoms with Crippen LogP contribution in [0.4, 0.5) is 13.2 Å². The zero-order chi connectivity index (χ0) is 14.8. The maximum absolute atomic E-state index is 12.4. The van der Waals surface area contributed by atoms with Crippen molar-refractivity contribution in [3.05, 3.63) is 52.2 Å². The van der Waals surface area contributed by atoms with Gasteiger partial charge in [0, 0.05) is 12.1 Å². The summed E-state index contributed by atoms with van der Waals surface area (Å²) in [5.41, 5.74) is -1.76. The second-order valence-electron chi connectivity index (χ2n) is 3.74. The van der Waals surface area contributed by atoms with Gasteiger partial charge in [-0.15, -0.1) is 0 Å². The van der Waals surface area contributed by atoms with Crippen molar-refractivity contribution in [2.75, 3.05) is 0 Å². The van der Waals surface area contributed by atoms with Gasteiger partial charge in [-0.1, -0.05) is 6.07 Å². The Hall–Kier alpha value is -2.51. The summed E-state index contributed by atoms with van der Waals surface area (Å²) in [5, 5.41) is 8.97. The number of hydrogen-bond acceptors (Lipinski definition) is 5. The van der Waals surface area contributed by atoms with Crippen LogP contribution in [0.1, 0.15) is 11.5 Å². The number of alkyl halides is 3. The van der Waals surface area contributed by atoms with E-state index in [1.54, 1.807) is 0 Å². The summed E-state index contributed by atoms with van der Waals surface area (Å²) in [7, 11) is 0. The first-order chi connectivity index (χ1) is 9.36. The Balaban J connectivity index is 2.11. The van der Waals surface area contributed by atoms with Crippen molar-refractivity contribution in [2.45, 2.75) is 12.8 Å². The average molecular weight is 287 g/mol. The zero-order valence-electron chi connectivity index (χ0n) is 9.85. The molecular weight excluding hydrogens is 279 g/mol. The molecule has 20 heavy (non-hydrogen) atoms. The van der Waals surface area contributed by atoms with E-state index in [1.165, 1.54) is 6.07 Å². The molecule has 106 valence electrons. The summed E-state index contributed by atoms with van der Waals surface area (Å²) >= 11 is 0. The van der Waals surface area contributed by atoms with Gasteiger partial charge in [0.1, 0.15) is 24.3 Å². The quantitative estimate of drug-likeness (QED) is 0.938. The lowest BCUT2D eigenvalue weighted by Gasteiger charge is -2.08. The highest BCUT2D eigenvalue weighted by Crippen LogP contribution is 2.28. The second-order valence-corrected chi connectivity index (χ2v) is 3.74. The maximum atomic E-state index is 12.4. The molecule has 0 bridgehead atoms. The summed E-state index contributed by atoms with van der Waals surface area (Å²) in [4.78, 5) is 14.4. The standard InChI is InChI=1S/C12H8F3NO4/c13-12(14,15)10-2-1-3-11(16-10)20-5-7-4-8(17)9(18)6-19-7/h1-4,6,18H,5H2. The molecule has 2 aromatic rings. The molecule has 0 radical (unpaired) electrons. The van der Waals surface area contributed by atoms with Gasteiger partial charge < -0.3 is 14.3 Å². The second kappa shape index (κ2) is 5.24. The van der Waals surface area contributed by atoms with Gasteiger partial charge in [-0.3, -0.25) is 4.79 Å². The first-order valence-corrected chi connectivity index (χ1v) is 5.34. The fourth-order valence-electron chi connectivity index (χ4n) is 1.32. The topological polar surface area (TPSA) is 72.6 Å². The fourth-order valence-corrected chi connectivity index (χ4v) is 1.32. The van der Waals surface area contributed by atoms with E-state index in [9.17, 15) is 18.0 Å². The summed E-state index contributed by atoms with van der Waals surface area (Å²) in [6.07, 6.45) is -3.74. The minimum atomic E-state index is -4.57. The van der Waals surface area contributed by atoms with Gasteiger partial charge in [-0.25, -0.2) is 4.98 Å². The van der Waals surface area contributed by atoms with Crippen LogP contribution in [0.5, 0.6) is 11.6 Å². The van der Waals surface area contributed by atoms with E-state index >= 15 is 0 Å². The lowest BCUT2D eigenvalue weighted by molar-refractivity contribution is -0.141. The van der Waals surface area contributed by atoms with Crippen molar-refractivity contribution in [1.29, 1.82) is 0 Å². The normalized spacial score (nSPS) is 11.3. The van der Waals surface area contributed by atoms with Gasteiger partial charge in [0.25, 0.3) is 0 Å².